The topological polar surface area (TPSA) is 55.9 Å². The van der Waals surface area contributed by atoms with Crippen molar-refractivity contribution in [3.63, 3.8) is 0 Å². The largest absolute Gasteiger partial charge is 0.507 e. The summed E-state index contributed by atoms with van der Waals surface area (Å²) in [6, 6.07) is 52.3. The SMILES string of the molecule is Cc1c2cnc(-c3[c-]c(-c4cccc5c4nc(-c4cc(C(C)(C)C)cc(C(C)(C)C)c4O)n5-c4ccccc4-c4ccccc4)ccc3)cc2c(C)n1-c1ccccc1.[Pt]. The second kappa shape index (κ2) is 15.5. The summed E-state index contributed by atoms with van der Waals surface area (Å²) in [4.78, 5) is 10.5. The van der Waals surface area contributed by atoms with Gasteiger partial charge >= 0.3 is 0 Å². The average Bonchev–Trinajstić information content (AvgIpc) is 3.74. The minimum atomic E-state index is -0.308. The molecule has 1 N–H and O–H groups in total. The maximum Gasteiger partial charge on any atom is 0.148 e. The second-order valence-electron chi connectivity index (χ2n) is 17.7. The molecule has 0 amide bonds. The van der Waals surface area contributed by atoms with Gasteiger partial charge < -0.3 is 9.67 Å². The number of benzene rings is 6. The molecule has 9 rings (SSSR count). The molecule has 0 atom stereocenters. The summed E-state index contributed by atoms with van der Waals surface area (Å²) in [5.74, 6) is 0.935. The number of rotatable bonds is 6. The zero-order chi connectivity index (χ0) is 41.2. The van der Waals surface area contributed by atoms with E-state index in [-0.39, 0.29) is 37.6 Å². The van der Waals surface area contributed by atoms with Gasteiger partial charge in [0.1, 0.15) is 11.6 Å². The van der Waals surface area contributed by atoms with Crippen molar-refractivity contribution in [2.45, 2.75) is 66.2 Å². The van der Waals surface area contributed by atoms with Crippen LogP contribution in [0, 0.1) is 19.9 Å². The van der Waals surface area contributed by atoms with Crippen LogP contribution in [0.4, 0.5) is 0 Å². The van der Waals surface area contributed by atoms with Crippen LogP contribution in [-0.2, 0) is 31.9 Å². The van der Waals surface area contributed by atoms with Gasteiger partial charge in [-0.25, -0.2) is 4.98 Å². The fourth-order valence-corrected chi connectivity index (χ4v) is 8.50. The van der Waals surface area contributed by atoms with Crippen molar-refractivity contribution in [3.05, 3.63) is 174 Å². The number of nitrogens with zero attached hydrogens (tertiary/aromatic N) is 4. The summed E-state index contributed by atoms with van der Waals surface area (Å²) in [6.45, 7) is 17.5. The smallest absolute Gasteiger partial charge is 0.148 e. The molecule has 0 aliphatic rings. The molecule has 9 aromatic rings. The Kier molecular flexibility index (Phi) is 10.5. The van der Waals surface area contributed by atoms with E-state index >= 15 is 0 Å². The number of phenols is 1. The Balaban J connectivity index is 0.00000499. The monoisotopic (exact) mass is 964 g/mol. The number of fused-ring (bicyclic) bond motifs is 2. The predicted molar refractivity (Wildman–Crippen MR) is 245 cm³/mol. The van der Waals surface area contributed by atoms with Crippen LogP contribution >= 0.6 is 0 Å². The molecule has 3 aromatic heterocycles. The Morgan fingerprint density at radius 3 is 1.93 bits per heavy atom. The molecule has 0 aliphatic heterocycles. The summed E-state index contributed by atoms with van der Waals surface area (Å²) >= 11 is 0. The molecule has 6 aromatic carbocycles. The number of hydrogen-bond acceptors (Lipinski definition) is 3. The molecular formula is C54H49N4OPt-. The van der Waals surface area contributed by atoms with Crippen molar-refractivity contribution in [1.29, 1.82) is 0 Å². The van der Waals surface area contributed by atoms with Crippen molar-refractivity contribution in [1.82, 2.24) is 19.1 Å². The molecule has 302 valence electrons. The molecule has 6 heteroatoms. The van der Waals surface area contributed by atoms with Gasteiger partial charge in [0.05, 0.1) is 22.3 Å². The Labute approximate surface area is 367 Å². The molecule has 0 bridgehead atoms. The van der Waals surface area contributed by atoms with Crippen molar-refractivity contribution in [2.24, 2.45) is 0 Å². The van der Waals surface area contributed by atoms with Gasteiger partial charge in [0.25, 0.3) is 0 Å². The molecule has 0 fully saturated rings. The van der Waals surface area contributed by atoms with E-state index in [4.69, 9.17) is 9.97 Å². The van der Waals surface area contributed by atoms with Crippen LogP contribution in [0.5, 0.6) is 5.75 Å². The standard InChI is InChI=1S/C54H49N4O.Pt/c1-34-43-32-47(55-33-45(43)35(2)57(34)40-23-13-10-14-24-40)38-22-17-21-37(29-38)42-26-18-28-49-50(42)56-52(44-30-39(53(3,4)5)31-46(51(44)59)54(6,7)8)58(49)48-27-16-15-25-41(48)36-19-11-9-12-20-36;/h9-28,30-33,59H,1-8H3;/q-1;. The van der Waals surface area contributed by atoms with Crippen LogP contribution in [0.2, 0.25) is 0 Å². The van der Waals surface area contributed by atoms with Gasteiger partial charge in [0.15, 0.2) is 0 Å². The average molecular weight is 965 g/mol. The predicted octanol–water partition coefficient (Wildman–Crippen LogP) is 13.7. The van der Waals surface area contributed by atoms with Crippen LogP contribution in [0.1, 0.15) is 64.1 Å². The maximum atomic E-state index is 12.3. The van der Waals surface area contributed by atoms with E-state index in [1.807, 2.05) is 18.3 Å². The Morgan fingerprint density at radius 1 is 0.583 bits per heavy atom. The maximum absolute atomic E-state index is 12.3. The molecule has 0 radical (unpaired) electrons. The minimum absolute atomic E-state index is 0. The molecule has 3 heterocycles. The van der Waals surface area contributed by atoms with Crippen LogP contribution in [0.15, 0.2) is 146 Å². The van der Waals surface area contributed by atoms with Gasteiger partial charge in [-0.2, -0.15) is 0 Å². The van der Waals surface area contributed by atoms with E-state index < -0.39 is 0 Å². The van der Waals surface area contributed by atoms with Crippen molar-refractivity contribution in [3.8, 4) is 62.0 Å². The number of imidazole rings is 1. The first-order valence-corrected chi connectivity index (χ1v) is 20.4. The van der Waals surface area contributed by atoms with E-state index in [0.29, 0.717) is 11.4 Å². The molecule has 0 saturated heterocycles. The summed E-state index contributed by atoms with van der Waals surface area (Å²) in [5, 5.41) is 14.6. The van der Waals surface area contributed by atoms with E-state index in [2.05, 4.69) is 198 Å². The minimum Gasteiger partial charge on any atom is -0.507 e. The quantitative estimate of drug-likeness (QED) is 0.169. The molecule has 0 spiro atoms. The summed E-state index contributed by atoms with van der Waals surface area (Å²) in [7, 11) is 0. The van der Waals surface area contributed by atoms with Gasteiger partial charge in [0.2, 0.25) is 0 Å². The van der Waals surface area contributed by atoms with E-state index in [1.54, 1.807) is 0 Å². The first-order valence-electron chi connectivity index (χ1n) is 20.4. The number of para-hydroxylation sites is 3. The van der Waals surface area contributed by atoms with E-state index in [1.165, 1.54) is 16.8 Å². The first-order chi connectivity index (χ1) is 28.3. The van der Waals surface area contributed by atoms with Crippen LogP contribution in [-0.4, -0.2) is 24.2 Å². The Morgan fingerprint density at radius 2 is 1.22 bits per heavy atom. The third-order valence-electron chi connectivity index (χ3n) is 11.7. The Hall–Kier alpha value is -6.03. The number of aryl methyl sites for hydroxylation is 2. The summed E-state index contributed by atoms with van der Waals surface area (Å²) < 4.78 is 4.54. The van der Waals surface area contributed by atoms with Crippen molar-refractivity contribution < 1.29 is 26.2 Å². The molecule has 0 aliphatic carbocycles. The summed E-state index contributed by atoms with van der Waals surface area (Å²) in [6.07, 6.45) is 2.00. The zero-order valence-corrected chi connectivity index (χ0v) is 37.7. The number of pyridine rings is 1. The van der Waals surface area contributed by atoms with Gasteiger partial charge in [-0.05, 0) is 71.5 Å². The number of aromatic nitrogens is 4. The van der Waals surface area contributed by atoms with Crippen molar-refractivity contribution in [2.75, 3.05) is 0 Å². The second-order valence-corrected chi connectivity index (χ2v) is 17.7. The van der Waals surface area contributed by atoms with E-state index in [9.17, 15) is 5.11 Å². The zero-order valence-electron chi connectivity index (χ0n) is 35.4. The number of hydrogen-bond donors (Lipinski definition) is 1. The third-order valence-corrected chi connectivity index (χ3v) is 11.7. The normalized spacial score (nSPS) is 11.9. The first kappa shape index (κ1) is 40.7. The van der Waals surface area contributed by atoms with E-state index in [0.717, 1.165) is 72.4 Å². The molecular weight excluding hydrogens is 916 g/mol. The van der Waals surface area contributed by atoms with Crippen molar-refractivity contribution >= 4 is 21.8 Å². The van der Waals surface area contributed by atoms with Gasteiger partial charge in [-0.3, -0.25) is 9.55 Å². The number of phenolic OH excluding ortho intramolecular Hbond substituents is 1. The fourth-order valence-electron chi connectivity index (χ4n) is 8.50. The number of aromatic hydroxyl groups is 1. The van der Waals surface area contributed by atoms with Gasteiger partial charge in [-0.15, -0.1) is 29.8 Å². The fraction of sp³-hybridized carbons (Fsp3) is 0.185. The summed E-state index contributed by atoms with van der Waals surface area (Å²) in [5.41, 5.74) is 14.3. The Bertz CT molecular complexity index is 3040. The van der Waals surface area contributed by atoms with Gasteiger partial charge in [-0.1, -0.05) is 144 Å². The van der Waals surface area contributed by atoms with Gasteiger partial charge in [0, 0.05) is 66.5 Å². The molecule has 0 unspecified atom stereocenters. The van der Waals surface area contributed by atoms with Crippen LogP contribution < -0.4 is 0 Å². The molecule has 60 heavy (non-hydrogen) atoms. The molecule has 5 nitrogen and oxygen atoms in total. The third kappa shape index (κ3) is 7.09. The molecule has 0 saturated carbocycles. The van der Waals surface area contributed by atoms with Crippen LogP contribution in [0.25, 0.3) is 78.1 Å². The van der Waals surface area contributed by atoms with Crippen LogP contribution in [0.3, 0.4) is 0 Å².